The third-order valence-corrected chi connectivity index (χ3v) is 5.91. The van der Waals surface area contributed by atoms with Gasteiger partial charge in [-0.3, -0.25) is 14.3 Å². The molecule has 0 radical (unpaired) electrons. The molecule has 1 saturated heterocycles. The zero-order valence-corrected chi connectivity index (χ0v) is 16.4. The molecule has 0 aliphatic carbocycles. The number of benzene rings is 1. The maximum atomic E-state index is 12.8. The Labute approximate surface area is 164 Å². The fraction of sp³-hybridized carbons (Fsp3) is 0.476. The van der Waals surface area contributed by atoms with E-state index < -0.39 is 0 Å². The summed E-state index contributed by atoms with van der Waals surface area (Å²) < 4.78 is 1.77. The first-order valence-corrected chi connectivity index (χ1v) is 9.97. The molecule has 7 heteroatoms. The second kappa shape index (κ2) is 7.75. The zero-order chi connectivity index (χ0) is 19.7. The van der Waals surface area contributed by atoms with Crippen LogP contribution in [0.2, 0.25) is 0 Å². The van der Waals surface area contributed by atoms with Gasteiger partial charge in [0, 0.05) is 44.5 Å². The first-order valence-electron chi connectivity index (χ1n) is 9.97. The van der Waals surface area contributed by atoms with Crippen LogP contribution in [0.3, 0.4) is 0 Å². The van der Waals surface area contributed by atoms with Crippen LogP contribution in [0.5, 0.6) is 0 Å². The number of anilines is 1. The molecular weight excluding hydrogens is 354 g/mol. The van der Waals surface area contributed by atoms with Gasteiger partial charge in [0.2, 0.25) is 11.8 Å². The van der Waals surface area contributed by atoms with E-state index in [0.717, 1.165) is 29.8 Å². The highest BCUT2D eigenvalue weighted by Crippen LogP contribution is 2.35. The van der Waals surface area contributed by atoms with Crippen LogP contribution < -0.4 is 16.0 Å². The van der Waals surface area contributed by atoms with Crippen molar-refractivity contribution in [2.75, 3.05) is 25.0 Å². The molecule has 1 aromatic carbocycles. The van der Waals surface area contributed by atoms with Gasteiger partial charge in [0.05, 0.1) is 18.0 Å². The number of aryl methyl sites for hydroxylation is 2. The number of carbonyl (C=O) groups is 2. The van der Waals surface area contributed by atoms with Gasteiger partial charge in [-0.25, -0.2) is 0 Å². The predicted molar refractivity (Wildman–Crippen MR) is 107 cm³/mol. The first kappa shape index (κ1) is 18.7. The summed E-state index contributed by atoms with van der Waals surface area (Å²) in [5.74, 6) is -0.109. The molecule has 3 N–H and O–H groups in total. The SMILES string of the molecule is CCc1ccc2c(c1)C(CCNC(=O)[C@H]1CNC[C@@H]1c1cnn(C)c1)C(=O)N2. The summed E-state index contributed by atoms with van der Waals surface area (Å²) >= 11 is 0. The van der Waals surface area contributed by atoms with Crippen molar-refractivity contribution in [3.63, 3.8) is 0 Å². The van der Waals surface area contributed by atoms with Gasteiger partial charge in [0.15, 0.2) is 0 Å². The van der Waals surface area contributed by atoms with E-state index in [0.29, 0.717) is 19.5 Å². The molecule has 2 aliphatic rings. The normalized spacial score (nSPS) is 23.5. The average Bonchev–Trinajstić information content (AvgIpc) is 3.40. The van der Waals surface area contributed by atoms with Crippen molar-refractivity contribution in [3.05, 3.63) is 47.3 Å². The van der Waals surface area contributed by atoms with Gasteiger partial charge < -0.3 is 16.0 Å². The van der Waals surface area contributed by atoms with Crippen molar-refractivity contribution < 1.29 is 9.59 Å². The number of nitrogens with one attached hydrogen (secondary N) is 3. The Balaban J connectivity index is 1.36. The third-order valence-electron chi connectivity index (χ3n) is 5.91. The summed E-state index contributed by atoms with van der Waals surface area (Å²) in [6, 6.07) is 6.14. The Morgan fingerprint density at radius 3 is 2.96 bits per heavy atom. The lowest BCUT2D eigenvalue weighted by molar-refractivity contribution is -0.125. The molecule has 2 amide bonds. The molecule has 148 valence electrons. The number of amides is 2. The average molecular weight is 381 g/mol. The van der Waals surface area contributed by atoms with Crippen LogP contribution in [0, 0.1) is 5.92 Å². The summed E-state index contributed by atoms with van der Waals surface area (Å²) in [5.41, 5.74) is 4.26. The Morgan fingerprint density at radius 2 is 2.21 bits per heavy atom. The lowest BCUT2D eigenvalue weighted by Crippen LogP contribution is -2.35. The minimum Gasteiger partial charge on any atom is -0.356 e. The molecule has 1 unspecified atom stereocenters. The van der Waals surface area contributed by atoms with Gasteiger partial charge in [0.25, 0.3) is 0 Å². The number of nitrogens with zero attached hydrogens (tertiary/aromatic N) is 2. The van der Waals surface area contributed by atoms with E-state index in [1.54, 1.807) is 4.68 Å². The third kappa shape index (κ3) is 3.54. The molecule has 0 saturated carbocycles. The highest BCUT2D eigenvalue weighted by Gasteiger charge is 2.35. The van der Waals surface area contributed by atoms with Crippen molar-refractivity contribution in [1.29, 1.82) is 0 Å². The van der Waals surface area contributed by atoms with Gasteiger partial charge in [-0.2, -0.15) is 5.10 Å². The van der Waals surface area contributed by atoms with E-state index in [9.17, 15) is 9.59 Å². The van der Waals surface area contributed by atoms with E-state index in [2.05, 4.69) is 40.1 Å². The Bertz CT molecular complexity index is 891. The number of carbonyl (C=O) groups excluding carboxylic acids is 2. The Hall–Kier alpha value is -2.67. The molecule has 0 spiro atoms. The molecule has 2 aliphatic heterocycles. The number of rotatable bonds is 6. The molecule has 0 bridgehead atoms. The molecule has 28 heavy (non-hydrogen) atoms. The first-order chi connectivity index (χ1) is 13.6. The fourth-order valence-electron chi connectivity index (χ4n) is 4.29. The van der Waals surface area contributed by atoms with Crippen LogP contribution in [-0.4, -0.2) is 41.2 Å². The van der Waals surface area contributed by atoms with Crippen LogP contribution in [0.1, 0.15) is 41.9 Å². The summed E-state index contributed by atoms with van der Waals surface area (Å²) in [7, 11) is 1.88. The quantitative estimate of drug-likeness (QED) is 0.708. The van der Waals surface area contributed by atoms with Gasteiger partial charge in [0.1, 0.15) is 0 Å². The van der Waals surface area contributed by atoms with E-state index >= 15 is 0 Å². The minimum atomic E-state index is -0.197. The summed E-state index contributed by atoms with van der Waals surface area (Å²) in [4.78, 5) is 25.1. The second-order valence-electron chi connectivity index (χ2n) is 7.72. The second-order valence-corrected chi connectivity index (χ2v) is 7.72. The highest BCUT2D eigenvalue weighted by atomic mass is 16.2. The lowest BCUT2D eigenvalue weighted by atomic mass is 9.90. The van der Waals surface area contributed by atoms with Crippen LogP contribution in [0.4, 0.5) is 5.69 Å². The van der Waals surface area contributed by atoms with Crippen molar-refractivity contribution >= 4 is 17.5 Å². The van der Waals surface area contributed by atoms with Crippen molar-refractivity contribution in [2.45, 2.75) is 31.6 Å². The topological polar surface area (TPSA) is 88.1 Å². The van der Waals surface area contributed by atoms with Crippen LogP contribution in [0.15, 0.2) is 30.6 Å². The molecule has 1 aromatic heterocycles. The van der Waals surface area contributed by atoms with E-state index in [1.165, 1.54) is 5.56 Å². The lowest BCUT2D eigenvalue weighted by Gasteiger charge is -2.18. The summed E-state index contributed by atoms with van der Waals surface area (Å²) in [5, 5.41) is 13.5. The number of hydrogen-bond acceptors (Lipinski definition) is 4. The number of fused-ring (bicyclic) bond motifs is 1. The monoisotopic (exact) mass is 381 g/mol. The minimum absolute atomic E-state index is 0.0215. The van der Waals surface area contributed by atoms with Crippen LogP contribution in [-0.2, 0) is 23.1 Å². The summed E-state index contributed by atoms with van der Waals surface area (Å²) in [6.45, 7) is 4.04. The van der Waals surface area contributed by atoms with Crippen LogP contribution >= 0.6 is 0 Å². The van der Waals surface area contributed by atoms with Crippen molar-refractivity contribution in [3.8, 4) is 0 Å². The maximum absolute atomic E-state index is 12.8. The molecule has 1 fully saturated rings. The maximum Gasteiger partial charge on any atom is 0.232 e. The number of hydrogen-bond donors (Lipinski definition) is 3. The molecule has 3 atom stereocenters. The molecular formula is C21H27N5O2. The van der Waals surface area contributed by atoms with Crippen molar-refractivity contribution in [2.24, 2.45) is 13.0 Å². The molecule has 2 aromatic rings. The van der Waals surface area contributed by atoms with Crippen LogP contribution in [0.25, 0.3) is 0 Å². The van der Waals surface area contributed by atoms with E-state index in [4.69, 9.17) is 0 Å². The van der Waals surface area contributed by atoms with E-state index in [1.807, 2.05) is 25.5 Å². The Morgan fingerprint density at radius 1 is 1.36 bits per heavy atom. The largest absolute Gasteiger partial charge is 0.356 e. The summed E-state index contributed by atoms with van der Waals surface area (Å²) in [6.07, 6.45) is 5.36. The number of aromatic nitrogens is 2. The van der Waals surface area contributed by atoms with Gasteiger partial charge >= 0.3 is 0 Å². The highest BCUT2D eigenvalue weighted by molar-refractivity contribution is 6.03. The molecule has 3 heterocycles. The fourth-order valence-corrected chi connectivity index (χ4v) is 4.29. The smallest absolute Gasteiger partial charge is 0.232 e. The predicted octanol–water partition coefficient (Wildman–Crippen LogP) is 1.53. The van der Waals surface area contributed by atoms with Gasteiger partial charge in [-0.15, -0.1) is 0 Å². The Kier molecular flexibility index (Phi) is 5.17. The van der Waals surface area contributed by atoms with Gasteiger partial charge in [-0.1, -0.05) is 19.1 Å². The zero-order valence-electron chi connectivity index (χ0n) is 16.4. The van der Waals surface area contributed by atoms with E-state index in [-0.39, 0.29) is 29.6 Å². The van der Waals surface area contributed by atoms with Gasteiger partial charge in [-0.05, 0) is 35.6 Å². The standard InChI is InChI=1S/C21H27N5O2/c1-3-13-4-5-19-16(8-13)15(21(28)25-19)6-7-23-20(27)18-11-22-10-17(18)14-9-24-26(2)12-14/h4-5,8-9,12,15,17-18,22H,3,6-7,10-11H2,1-2H3,(H,23,27)(H,25,28)/t15?,17-,18+/m1/s1. The van der Waals surface area contributed by atoms with Crippen molar-refractivity contribution in [1.82, 2.24) is 20.4 Å². The molecule has 7 nitrogen and oxygen atoms in total. The molecule has 4 rings (SSSR count).